The molecule has 1 saturated heterocycles. The van der Waals surface area contributed by atoms with Crippen molar-refractivity contribution in [1.82, 2.24) is 9.80 Å². The summed E-state index contributed by atoms with van der Waals surface area (Å²) in [6.07, 6.45) is 0. The lowest BCUT2D eigenvalue weighted by Crippen LogP contribution is -2.49. The van der Waals surface area contributed by atoms with E-state index in [0.717, 1.165) is 42.9 Å². The van der Waals surface area contributed by atoms with E-state index < -0.39 is 0 Å². The number of anilines is 1. The van der Waals surface area contributed by atoms with Gasteiger partial charge in [-0.25, -0.2) is 4.79 Å². The number of nitrogens with one attached hydrogen (secondary N) is 1. The normalized spacial score (nSPS) is 15.1. The predicted octanol–water partition coefficient (Wildman–Crippen LogP) is 4.95. The zero-order valence-corrected chi connectivity index (χ0v) is 16.7. The average molecular weight is 424 g/mol. The first-order valence-corrected chi connectivity index (χ1v) is 9.99. The second-order valence-corrected chi connectivity index (χ2v) is 7.67. The van der Waals surface area contributed by atoms with Crippen molar-refractivity contribution in [3.05, 3.63) is 76.8 Å². The van der Waals surface area contributed by atoms with Crippen LogP contribution in [0.3, 0.4) is 0 Å². The van der Waals surface area contributed by atoms with Gasteiger partial charge in [-0.3, -0.25) is 4.90 Å². The third kappa shape index (κ3) is 4.15. The van der Waals surface area contributed by atoms with Crippen molar-refractivity contribution >= 4 is 38.4 Å². The van der Waals surface area contributed by atoms with Gasteiger partial charge in [-0.15, -0.1) is 0 Å². The molecule has 2 amide bonds. The first-order chi connectivity index (χ1) is 13.2. The highest BCUT2D eigenvalue weighted by Gasteiger charge is 2.22. The molecule has 0 saturated carbocycles. The third-order valence-electron chi connectivity index (χ3n) is 5.05. The Morgan fingerprint density at radius 1 is 0.889 bits per heavy atom. The van der Waals surface area contributed by atoms with Crippen molar-refractivity contribution in [2.24, 2.45) is 0 Å². The van der Waals surface area contributed by atoms with Crippen molar-refractivity contribution in [1.29, 1.82) is 0 Å². The van der Waals surface area contributed by atoms with Gasteiger partial charge < -0.3 is 10.2 Å². The highest BCUT2D eigenvalue weighted by molar-refractivity contribution is 9.10. The van der Waals surface area contributed by atoms with Gasteiger partial charge >= 0.3 is 6.03 Å². The maximum absolute atomic E-state index is 12.5. The third-order valence-corrected chi connectivity index (χ3v) is 5.74. The van der Waals surface area contributed by atoms with Crippen LogP contribution in [-0.4, -0.2) is 42.0 Å². The Balaban J connectivity index is 1.36. The topological polar surface area (TPSA) is 35.6 Å². The van der Waals surface area contributed by atoms with Crippen molar-refractivity contribution in [3.63, 3.8) is 0 Å². The minimum atomic E-state index is -0.0355. The summed E-state index contributed by atoms with van der Waals surface area (Å²) in [7, 11) is 0. The summed E-state index contributed by atoms with van der Waals surface area (Å²) in [6.45, 7) is 4.16. The molecule has 0 unspecified atom stereocenters. The zero-order valence-electron chi connectivity index (χ0n) is 15.1. The molecule has 0 aliphatic carbocycles. The molecule has 1 N–H and O–H groups in total. The Hall–Kier alpha value is -2.37. The number of carbonyl (C=O) groups is 1. The van der Waals surface area contributed by atoms with Crippen LogP contribution in [0.2, 0.25) is 0 Å². The molecule has 3 aromatic carbocycles. The Kier molecular flexibility index (Phi) is 5.41. The Morgan fingerprint density at radius 2 is 1.59 bits per heavy atom. The number of fused-ring (bicyclic) bond motifs is 1. The van der Waals surface area contributed by atoms with Crippen LogP contribution < -0.4 is 5.32 Å². The number of hydrogen-bond donors (Lipinski definition) is 1. The molecule has 1 aliphatic heterocycles. The van der Waals surface area contributed by atoms with Crippen molar-refractivity contribution in [2.75, 3.05) is 31.5 Å². The smallest absolute Gasteiger partial charge is 0.321 e. The van der Waals surface area contributed by atoms with Crippen LogP contribution >= 0.6 is 15.9 Å². The fraction of sp³-hybridized carbons (Fsp3) is 0.227. The number of halogens is 1. The number of rotatable bonds is 3. The molecule has 1 aliphatic rings. The maximum Gasteiger partial charge on any atom is 0.321 e. The van der Waals surface area contributed by atoms with Gasteiger partial charge in [0, 0.05) is 37.2 Å². The first kappa shape index (κ1) is 18.0. The number of nitrogens with zero attached hydrogens (tertiary/aromatic N) is 2. The molecule has 0 bridgehead atoms. The highest BCUT2D eigenvalue weighted by atomic mass is 79.9. The van der Waals surface area contributed by atoms with E-state index in [1.54, 1.807) is 0 Å². The lowest BCUT2D eigenvalue weighted by Gasteiger charge is -2.35. The molecule has 0 atom stereocenters. The Bertz CT molecular complexity index is 946. The molecule has 138 valence electrons. The number of urea groups is 1. The van der Waals surface area contributed by atoms with Gasteiger partial charge in [0.25, 0.3) is 0 Å². The largest absolute Gasteiger partial charge is 0.322 e. The van der Waals surface area contributed by atoms with Crippen LogP contribution in [0.5, 0.6) is 0 Å². The molecule has 27 heavy (non-hydrogen) atoms. The molecule has 3 aromatic rings. The average Bonchev–Trinajstić information content (AvgIpc) is 2.70. The fourth-order valence-electron chi connectivity index (χ4n) is 3.54. The van der Waals surface area contributed by atoms with Gasteiger partial charge in [0.1, 0.15) is 0 Å². The van der Waals surface area contributed by atoms with E-state index in [0.29, 0.717) is 0 Å². The predicted molar refractivity (Wildman–Crippen MR) is 114 cm³/mol. The van der Waals surface area contributed by atoms with E-state index in [9.17, 15) is 4.79 Å². The molecule has 1 heterocycles. The van der Waals surface area contributed by atoms with Gasteiger partial charge in [0.05, 0.1) is 5.69 Å². The highest BCUT2D eigenvalue weighted by Crippen LogP contribution is 2.23. The van der Waals surface area contributed by atoms with Gasteiger partial charge in [-0.05, 0) is 44.4 Å². The van der Waals surface area contributed by atoms with Crippen molar-refractivity contribution in [2.45, 2.75) is 6.54 Å². The standard InChI is InChI=1S/C22H22BrN3O/c23-20-10-3-4-11-21(20)24-22(27)26-14-12-25(13-15-26)16-18-8-5-7-17-6-1-2-9-19(17)18/h1-11H,12-16H2,(H,24,27). The monoisotopic (exact) mass is 423 g/mol. The summed E-state index contributed by atoms with van der Waals surface area (Å²) in [5.41, 5.74) is 2.15. The van der Waals surface area contributed by atoms with E-state index >= 15 is 0 Å². The van der Waals surface area contributed by atoms with Gasteiger partial charge in [-0.1, -0.05) is 54.6 Å². The number of benzene rings is 3. The Labute approximate surface area is 167 Å². The summed E-state index contributed by atoms with van der Waals surface area (Å²) < 4.78 is 0.896. The van der Waals surface area contributed by atoms with E-state index in [-0.39, 0.29) is 6.03 Å². The number of para-hydroxylation sites is 1. The van der Waals surface area contributed by atoms with Crippen LogP contribution in [0.15, 0.2) is 71.2 Å². The van der Waals surface area contributed by atoms with Crippen molar-refractivity contribution in [3.8, 4) is 0 Å². The summed E-state index contributed by atoms with van der Waals surface area (Å²) in [6, 6.07) is 22.6. The second kappa shape index (κ2) is 8.11. The molecule has 5 heteroatoms. The number of piperazine rings is 1. The summed E-state index contributed by atoms with van der Waals surface area (Å²) in [5.74, 6) is 0. The van der Waals surface area contributed by atoms with Gasteiger partial charge in [-0.2, -0.15) is 0 Å². The second-order valence-electron chi connectivity index (χ2n) is 6.81. The van der Waals surface area contributed by atoms with Crippen LogP contribution in [-0.2, 0) is 6.54 Å². The summed E-state index contributed by atoms with van der Waals surface area (Å²) >= 11 is 3.47. The van der Waals surface area contributed by atoms with Crippen LogP contribution in [0.4, 0.5) is 10.5 Å². The molecular weight excluding hydrogens is 402 g/mol. The van der Waals surface area contributed by atoms with Crippen LogP contribution in [0, 0.1) is 0 Å². The molecule has 0 spiro atoms. The Morgan fingerprint density at radius 3 is 2.41 bits per heavy atom. The van der Waals surface area contributed by atoms with E-state index in [1.165, 1.54) is 16.3 Å². The minimum absolute atomic E-state index is 0.0355. The van der Waals surface area contributed by atoms with Gasteiger partial charge in [0.15, 0.2) is 0 Å². The molecule has 0 radical (unpaired) electrons. The van der Waals surface area contributed by atoms with E-state index in [1.807, 2.05) is 29.2 Å². The van der Waals surface area contributed by atoms with E-state index in [4.69, 9.17) is 0 Å². The molecule has 4 nitrogen and oxygen atoms in total. The van der Waals surface area contributed by atoms with E-state index in [2.05, 4.69) is 68.6 Å². The molecule has 0 aromatic heterocycles. The number of hydrogen-bond acceptors (Lipinski definition) is 2. The minimum Gasteiger partial charge on any atom is -0.322 e. The van der Waals surface area contributed by atoms with Gasteiger partial charge in [0.2, 0.25) is 0 Å². The van der Waals surface area contributed by atoms with Crippen molar-refractivity contribution < 1.29 is 4.79 Å². The van der Waals surface area contributed by atoms with Crippen LogP contribution in [0.1, 0.15) is 5.56 Å². The lowest BCUT2D eigenvalue weighted by atomic mass is 10.0. The first-order valence-electron chi connectivity index (χ1n) is 9.20. The van der Waals surface area contributed by atoms with Crippen LogP contribution in [0.25, 0.3) is 10.8 Å². The fourth-order valence-corrected chi connectivity index (χ4v) is 3.92. The summed E-state index contributed by atoms with van der Waals surface area (Å²) in [4.78, 5) is 16.8. The molecular formula is C22H22BrN3O. The number of amides is 2. The maximum atomic E-state index is 12.5. The number of carbonyl (C=O) groups excluding carboxylic acids is 1. The molecule has 4 rings (SSSR count). The summed E-state index contributed by atoms with van der Waals surface area (Å²) in [5, 5.41) is 5.58. The SMILES string of the molecule is O=C(Nc1ccccc1Br)N1CCN(Cc2cccc3ccccc23)CC1. The lowest BCUT2D eigenvalue weighted by molar-refractivity contribution is 0.143. The zero-order chi connectivity index (χ0) is 18.6. The quantitative estimate of drug-likeness (QED) is 0.646. The molecule has 1 fully saturated rings.